The predicted octanol–water partition coefficient (Wildman–Crippen LogP) is 0.521. The molecular weight excluding hydrogens is 358 g/mol. The minimum Gasteiger partial charge on any atom is -0.405 e. The van der Waals surface area contributed by atoms with Gasteiger partial charge in [-0.2, -0.15) is 14.2 Å². The van der Waals surface area contributed by atoms with Crippen molar-refractivity contribution in [3.63, 3.8) is 0 Å². The molecule has 0 aliphatic carbocycles. The highest BCUT2D eigenvalue weighted by atomic mass is 17.0. The number of aliphatic hydroxyl groups is 1. The molecule has 1 aromatic rings. The second-order valence-electron chi connectivity index (χ2n) is 6.49. The van der Waals surface area contributed by atoms with Gasteiger partial charge in [0.05, 0.1) is 13.0 Å². The summed E-state index contributed by atoms with van der Waals surface area (Å²) in [6.07, 6.45) is 3.57. The Bertz CT molecular complexity index is 615. The smallest absolute Gasteiger partial charge is 0.405 e. The molecule has 0 unspecified atom stereocenters. The Balaban J connectivity index is 0.00000326. The van der Waals surface area contributed by atoms with Crippen molar-refractivity contribution in [1.29, 1.82) is 0 Å². The number of carbonyl (C=O) groups excluding carboxylic acids is 2. The summed E-state index contributed by atoms with van der Waals surface area (Å²) in [7, 11) is 2.17. The van der Waals surface area contributed by atoms with Crippen molar-refractivity contribution >= 4 is 11.9 Å². The van der Waals surface area contributed by atoms with Crippen LogP contribution in [0.2, 0.25) is 0 Å². The van der Waals surface area contributed by atoms with E-state index < -0.39 is 0 Å². The first kappa shape index (κ1) is 24.2. The van der Waals surface area contributed by atoms with Crippen LogP contribution in [-0.2, 0) is 25.9 Å². The lowest BCUT2D eigenvalue weighted by atomic mass is 9.93. The average Bonchev–Trinajstić information content (AvgIpc) is 2.63. The van der Waals surface area contributed by atoms with Gasteiger partial charge in [0.15, 0.2) is 26.1 Å². The highest BCUT2D eigenvalue weighted by molar-refractivity contribution is 5.93. The Morgan fingerprint density at radius 1 is 1.30 bits per heavy atom. The maximum Gasteiger partial charge on any atom is 0.477 e. The largest absolute Gasteiger partial charge is 0.477 e. The summed E-state index contributed by atoms with van der Waals surface area (Å²) >= 11 is 0. The molecule has 27 heavy (non-hydrogen) atoms. The van der Waals surface area contributed by atoms with Crippen LogP contribution < -0.4 is 9.88 Å². The summed E-state index contributed by atoms with van der Waals surface area (Å²) < 4.78 is 6.79. The van der Waals surface area contributed by atoms with E-state index in [-0.39, 0.29) is 42.3 Å². The van der Waals surface area contributed by atoms with E-state index in [1.54, 1.807) is 29.1 Å². The monoisotopic (exact) mass is 387 g/mol. The first-order chi connectivity index (χ1) is 12.7. The fraction of sp³-hybridized carbons (Fsp3) is 0.588. The number of esters is 1. The molecule has 0 spiro atoms. The summed E-state index contributed by atoms with van der Waals surface area (Å²) in [5.41, 5.74) is 0.244. The van der Waals surface area contributed by atoms with E-state index in [9.17, 15) is 14.5 Å². The van der Waals surface area contributed by atoms with Crippen LogP contribution in [0.3, 0.4) is 0 Å². The van der Waals surface area contributed by atoms with Crippen LogP contribution >= 0.6 is 0 Å². The minimum atomic E-state index is -0.339. The van der Waals surface area contributed by atoms with Crippen LogP contribution in [0, 0.1) is 10.3 Å². The van der Waals surface area contributed by atoms with E-state index in [4.69, 9.17) is 9.84 Å². The van der Waals surface area contributed by atoms with E-state index in [1.165, 1.54) is 7.11 Å². The van der Waals surface area contributed by atoms with Gasteiger partial charge in [0, 0.05) is 13.2 Å². The van der Waals surface area contributed by atoms with Gasteiger partial charge < -0.3 is 15.2 Å². The van der Waals surface area contributed by atoms with E-state index in [2.05, 4.69) is 15.0 Å². The zero-order valence-electron chi connectivity index (χ0n) is 16.4. The fourth-order valence-corrected chi connectivity index (χ4v) is 1.81. The lowest BCUT2D eigenvalue weighted by Crippen LogP contribution is -2.38. The molecule has 152 valence electrons. The summed E-state index contributed by atoms with van der Waals surface area (Å²) in [6, 6.07) is 3.30. The van der Waals surface area contributed by atoms with Gasteiger partial charge in [-0.15, -0.1) is 0 Å². The number of hydrogen-bond acceptors (Lipinski definition) is 7. The van der Waals surface area contributed by atoms with Gasteiger partial charge >= 0.3 is 11.1 Å². The molecule has 1 amide bonds. The third-order valence-electron chi connectivity index (χ3n) is 2.90. The third-order valence-corrected chi connectivity index (χ3v) is 2.90. The molecule has 0 bridgehead atoms. The summed E-state index contributed by atoms with van der Waals surface area (Å²) in [5.74, 6) is -0.638. The molecule has 1 heterocycles. The van der Waals surface area contributed by atoms with Gasteiger partial charge in [-0.1, -0.05) is 20.8 Å². The summed E-state index contributed by atoms with van der Waals surface area (Å²) in [4.78, 5) is 43.3. The highest BCUT2D eigenvalue weighted by Gasteiger charge is 2.18. The first-order valence-electron chi connectivity index (χ1n) is 8.23. The fourth-order valence-electron chi connectivity index (χ4n) is 1.81. The topological polar surface area (TPSA) is 118 Å². The molecule has 0 aliphatic rings. The van der Waals surface area contributed by atoms with Crippen molar-refractivity contribution in [3.05, 3.63) is 35.0 Å². The molecule has 0 saturated carbocycles. The molecule has 0 saturated heterocycles. The molecule has 0 atom stereocenters. The van der Waals surface area contributed by atoms with Crippen LogP contribution in [-0.4, -0.2) is 49.4 Å². The highest BCUT2D eigenvalue weighted by Crippen LogP contribution is 2.18. The van der Waals surface area contributed by atoms with Gasteiger partial charge in [-0.25, -0.2) is 0 Å². The van der Waals surface area contributed by atoms with Crippen molar-refractivity contribution in [2.45, 2.75) is 33.9 Å². The van der Waals surface area contributed by atoms with Gasteiger partial charge in [0.1, 0.15) is 10.5 Å². The second-order valence-corrected chi connectivity index (χ2v) is 6.49. The van der Waals surface area contributed by atoms with Gasteiger partial charge in [0.2, 0.25) is 0 Å². The number of carbonyl (C=O) groups is 2. The van der Waals surface area contributed by atoms with E-state index >= 15 is 0 Å². The van der Waals surface area contributed by atoms with Crippen molar-refractivity contribution in [1.82, 2.24) is 5.32 Å². The molecule has 1 rings (SSSR count). The average molecular weight is 387 g/mol. The van der Waals surface area contributed by atoms with Crippen molar-refractivity contribution < 1.29 is 38.8 Å². The molecule has 0 aromatic carbocycles. The zero-order valence-corrected chi connectivity index (χ0v) is 16.4. The number of aromatic nitrogens is 1. The van der Waals surface area contributed by atoms with Crippen LogP contribution in [0.5, 0.6) is 0 Å². The predicted molar refractivity (Wildman–Crippen MR) is 93.9 cm³/mol. The summed E-state index contributed by atoms with van der Waals surface area (Å²) in [5, 5.41) is 9.55. The molecule has 0 radical (unpaired) electrons. The second kappa shape index (κ2) is 12.6. The van der Waals surface area contributed by atoms with Crippen LogP contribution in [0.15, 0.2) is 24.5 Å². The number of rotatable bonds is 9. The number of ether oxygens (including phenoxy) is 1. The Kier molecular flexibility index (Phi) is 11.3. The third kappa shape index (κ3) is 11.5. The number of pyridine rings is 1. The van der Waals surface area contributed by atoms with Crippen molar-refractivity contribution in [3.8, 4) is 0 Å². The van der Waals surface area contributed by atoms with E-state index in [0.29, 0.717) is 12.0 Å². The first-order valence-corrected chi connectivity index (χ1v) is 8.23. The number of hydrogen-bond donors (Lipinski definition) is 2. The number of nitrogens with zero attached hydrogens (tertiary/aromatic N) is 2. The molecule has 10 heteroatoms. The molecule has 0 fully saturated rings. The quantitative estimate of drug-likeness (QED) is 0.274. The lowest BCUT2D eigenvalue weighted by molar-refractivity contribution is -0.976. The van der Waals surface area contributed by atoms with Gasteiger partial charge in [0.25, 0.3) is 12.6 Å². The minimum absolute atomic E-state index is 0.0259. The van der Waals surface area contributed by atoms with Crippen LogP contribution in [0.25, 0.3) is 0 Å². The van der Waals surface area contributed by atoms with Crippen molar-refractivity contribution in [2.24, 2.45) is 5.41 Å². The molecule has 0 aliphatic heterocycles. The normalized spacial score (nSPS) is 10.1. The van der Waals surface area contributed by atoms with E-state index in [1.807, 2.05) is 20.8 Å². The van der Waals surface area contributed by atoms with Crippen molar-refractivity contribution in [2.75, 3.05) is 27.4 Å². The zero-order chi connectivity index (χ0) is 20.9. The SMILES string of the molecule is CO.CO[N+](=O)OCCNC(=O)c1ccc[n+](COC(=O)CC(C)(C)C)c1. The Morgan fingerprint density at radius 3 is 2.56 bits per heavy atom. The molecule has 2 N–H and O–H groups in total. The molecular formula is C17H29N3O7+2. The van der Waals surface area contributed by atoms with Crippen LogP contribution in [0.4, 0.5) is 0 Å². The number of aliphatic hydroxyl groups excluding tert-OH is 1. The van der Waals surface area contributed by atoms with E-state index in [0.717, 1.165) is 7.11 Å². The number of amides is 1. The van der Waals surface area contributed by atoms with Crippen LogP contribution in [0.1, 0.15) is 37.6 Å². The Hall–Kier alpha value is -2.75. The number of nitrogens with one attached hydrogen (secondary N) is 1. The Labute approximate surface area is 158 Å². The lowest BCUT2D eigenvalue weighted by Gasteiger charge is -2.15. The maximum atomic E-state index is 12.0. The van der Waals surface area contributed by atoms with Gasteiger partial charge in [-0.05, 0) is 11.5 Å². The Morgan fingerprint density at radius 2 is 1.96 bits per heavy atom. The molecule has 1 aromatic heterocycles. The maximum absolute atomic E-state index is 12.0. The summed E-state index contributed by atoms with van der Waals surface area (Å²) in [6.45, 7) is 5.99. The van der Waals surface area contributed by atoms with Gasteiger partial charge in [-0.3, -0.25) is 9.59 Å². The molecule has 10 nitrogen and oxygen atoms in total. The standard InChI is InChI=1S/C16H24N3O6.CH4O/c1-16(2,3)10-14(20)24-12-18-8-5-6-13(11-18)15(21)17-7-9-25-19(22)23-4;1-2/h5-6,8,11H,7,9-10,12H2,1-4H3;2H,1H3/q+1;/p+1.